The Morgan fingerprint density at radius 1 is 1.20 bits per heavy atom. The summed E-state index contributed by atoms with van der Waals surface area (Å²) in [7, 11) is 3.28. The van der Waals surface area contributed by atoms with E-state index in [2.05, 4.69) is 20.6 Å². The van der Waals surface area contributed by atoms with Gasteiger partial charge in [-0.15, -0.1) is 11.3 Å². The Balaban J connectivity index is 2.13. The molecule has 0 aliphatic rings. The molecule has 0 saturated heterocycles. The van der Waals surface area contributed by atoms with Crippen LogP contribution in [-0.4, -0.2) is 58.0 Å². The first kappa shape index (κ1) is 21.7. The van der Waals surface area contributed by atoms with Gasteiger partial charge in [-0.05, 0) is 12.8 Å². The van der Waals surface area contributed by atoms with Crippen LogP contribution in [0, 0.1) is 0 Å². The molecule has 0 amide bonds. The molecular weight excluding hydrogens is 357 g/mol. The van der Waals surface area contributed by atoms with Gasteiger partial charge in [-0.25, -0.2) is 4.98 Å². The number of halogens is 3. The minimum absolute atomic E-state index is 0.411. The van der Waals surface area contributed by atoms with Crippen LogP contribution in [0.3, 0.4) is 0 Å². The number of aliphatic imine (C=N–C) groups is 1. The molecule has 0 aliphatic heterocycles. The smallest absolute Gasteiger partial charge is 0.382 e. The lowest BCUT2D eigenvalue weighted by Gasteiger charge is -2.11. The van der Waals surface area contributed by atoms with E-state index in [4.69, 9.17) is 9.47 Å². The molecule has 0 aliphatic carbocycles. The van der Waals surface area contributed by atoms with Crippen molar-refractivity contribution >= 4 is 17.3 Å². The van der Waals surface area contributed by atoms with Crippen LogP contribution in [0.1, 0.15) is 23.5 Å². The number of unbranched alkanes of at least 4 members (excludes halogenated alkanes) is 1. The highest BCUT2D eigenvalue weighted by Gasteiger charge is 2.33. The minimum Gasteiger partial charge on any atom is -0.382 e. The summed E-state index contributed by atoms with van der Waals surface area (Å²) in [5.74, 6) is 0.618. The molecule has 0 saturated carbocycles. The number of rotatable bonds is 11. The van der Waals surface area contributed by atoms with Crippen molar-refractivity contribution < 1.29 is 22.6 Å². The summed E-state index contributed by atoms with van der Waals surface area (Å²) in [5, 5.41) is 7.70. The van der Waals surface area contributed by atoms with Crippen LogP contribution in [0.15, 0.2) is 10.4 Å². The summed E-state index contributed by atoms with van der Waals surface area (Å²) in [6.07, 6.45) is -2.12. The number of aromatic nitrogens is 1. The van der Waals surface area contributed by atoms with E-state index in [1.165, 1.54) is 0 Å². The van der Waals surface area contributed by atoms with Crippen LogP contribution in [0.5, 0.6) is 0 Å². The zero-order valence-corrected chi connectivity index (χ0v) is 15.3. The molecule has 0 fully saturated rings. The van der Waals surface area contributed by atoms with Crippen LogP contribution in [0.4, 0.5) is 13.2 Å². The third-order valence-corrected chi connectivity index (χ3v) is 4.05. The molecule has 0 unspecified atom stereocenters. The highest BCUT2D eigenvalue weighted by atomic mass is 32.1. The SMILES string of the molecule is CN=C(NCCCCOCCOC)NCCc1nc(C(F)(F)F)cs1. The highest BCUT2D eigenvalue weighted by Crippen LogP contribution is 2.29. The second-order valence-electron chi connectivity index (χ2n) is 5.11. The molecular formula is C15H25F3N4O2S. The Kier molecular flexibility index (Phi) is 10.4. The quantitative estimate of drug-likeness (QED) is 0.349. The number of nitrogens with zero attached hydrogens (tertiary/aromatic N) is 2. The minimum atomic E-state index is -4.38. The Hall–Kier alpha value is -1.39. The summed E-state index contributed by atoms with van der Waals surface area (Å²) >= 11 is 1.01. The van der Waals surface area contributed by atoms with Crippen molar-refractivity contribution in [3.05, 3.63) is 16.1 Å². The highest BCUT2D eigenvalue weighted by molar-refractivity contribution is 7.09. The summed E-state index contributed by atoms with van der Waals surface area (Å²) < 4.78 is 47.7. The first-order valence-corrected chi connectivity index (χ1v) is 8.88. The second-order valence-corrected chi connectivity index (χ2v) is 6.05. The van der Waals surface area contributed by atoms with Gasteiger partial charge in [0.25, 0.3) is 0 Å². The van der Waals surface area contributed by atoms with Gasteiger partial charge in [0.15, 0.2) is 11.7 Å². The Morgan fingerprint density at radius 3 is 2.60 bits per heavy atom. The zero-order valence-electron chi connectivity index (χ0n) is 14.5. The molecule has 0 aromatic carbocycles. The van der Waals surface area contributed by atoms with Gasteiger partial charge in [-0.1, -0.05) is 0 Å². The number of hydrogen-bond acceptors (Lipinski definition) is 5. The Bertz CT molecular complexity index is 509. The summed E-state index contributed by atoms with van der Waals surface area (Å²) in [5.41, 5.74) is -0.831. The topological polar surface area (TPSA) is 67.8 Å². The van der Waals surface area contributed by atoms with Crippen molar-refractivity contribution in [1.29, 1.82) is 0 Å². The van der Waals surface area contributed by atoms with Gasteiger partial charge in [0, 0.05) is 45.7 Å². The molecule has 1 aromatic heterocycles. The van der Waals surface area contributed by atoms with Crippen molar-refractivity contribution in [2.24, 2.45) is 4.99 Å². The lowest BCUT2D eigenvalue weighted by atomic mass is 10.3. The van der Waals surface area contributed by atoms with E-state index in [1.807, 2.05) is 0 Å². The largest absolute Gasteiger partial charge is 0.434 e. The third-order valence-electron chi connectivity index (χ3n) is 3.14. The van der Waals surface area contributed by atoms with Crippen LogP contribution >= 0.6 is 11.3 Å². The predicted octanol–water partition coefficient (Wildman–Crippen LogP) is 2.31. The average molecular weight is 382 g/mol. The number of ether oxygens (including phenoxy) is 2. The molecule has 1 heterocycles. The normalized spacial score (nSPS) is 12.4. The van der Waals surface area contributed by atoms with Crippen LogP contribution in [0.2, 0.25) is 0 Å². The fraction of sp³-hybridized carbons (Fsp3) is 0.733. The maximum absolute atomic E-state index is 12.5. The van der Waals surface area contributed by atoms with Crippen LogP contribution < -0.4 is 10.6 Å². The fourth-order valence-corrected chi connectivity index (χ4v) is 2.65. The molecule has 0 radical (unpaired) electrons. The number of methoxy groups -OCH3 is 1. The average Bonchev–Trinajstić information content (AvgIpc) is 3.05. The molecule has 1 aromatic rings. The first-order valence-electron chi connectivity index (χ1n) is 8.00. The molecule has 144 valence electrons. The van der Waals surface area contributed by atoms with E-state index in [0.717, 1.165) is 36.1 Å². The molecule has 2 N–H and O–H groups in total. The van der Waals surface area contributed by atoms with E-state index in [9.17, 15) is 13.2 Å². The lowest BCUT2D eigenvalue weighted by Crippen LogP contribution is -2.38. The van der Waals surface area contributed by atoms with Gasteiger partial charge in [0.2, 0.25) is 0 Å². The van der Waals surface area contributed by atoms with E-state index < -0.39 is 11.9 Å². The monoisotopic (exact) mass is 382 g/mol. The number of nitrogens with one attached hydrogen (secondary N) is 2. The van der Waals surface area contributed by atoms with Crippen molar-refractivity contribution in [2.45, 2.75) is 25.4 Å². The number of alkyl halides is 3. The number of thiazole rings is 1. The van der Waals surface area contributed by atoms with Gasteiger partial charge in [0.1, 0.15) is 0 Å². The van der Waals surface area contributed by atoms with E-state index in [0.29, 0.717) is 43.8 Å². The maximum atomic E-state index is 12.5. The van der Waals surface area contributed by atoms with Crippen molar-refractivity contribution in [1.82, 2.24) is 15.6 Å². The van der Waals surface area contributed by atoms with Crippen LogP contribution in [0.25, 0.3) is 0 Å². The summed E-state index contributed by atoms with van der Waals surface area (Å²) in [6, 6.07) is 0. The van der Waals surface area contributed by atoms with E-state index in [-0.39, 0.29) is 0 Å². The molecule has 10 heteroatoms. The Labute approximate surface area is 149 Å². The summed E-state index contributed by atoms with van der Waals surface area (Å²) in [6.45, 7) is 3.08. The van der Waals surface area contributed by atoms with E-state index >= 15 is 0 Å². The number of guanidine groups is 1. The maximum Gasteiger partial charge on any atom is 0.434 e. The zero-order chi connectivity index (χ0) is 18.5. The van der Waals surface area contributed by atoms with Crippen molar-refractivity contribution in [2.75, 3.05) is 47.1 Å². The Morgan fingerprint density at radius 2 is 1.96 bits per heavy atom. The predicted molar refractivity (Wildman–Crippen MR) is 92.1 cm³/mol. The van der Waals surface area contributed by atoms with Gasteiger partial charge in [-0.3, -0.25) is 4.99 Å². The molecule has 1 rings (SSSR count). The first-order chi connectivity index (χ1) is 12.0. The molecule has 25 heavy (non-hydrogen) atoms. The standard InChI is InChI=1S/C15H25F3N4O2S/c1-19-14(20-6-3-4-8-24-10-9-23-2)21-7-5-13-22-12(11-25-13)15(16,17)18/h11H,3-10H2,1-2H3,(H2,19,20,21). The molecule has 0 spiro atoms. The van der Waals surface area contributed by atoms with Gasteiger partial charge >= 0.3 is 6.18 Å². The molecule has 0 bridgehead atoms. The number of hydrogen-bond donors (Lipinski definition) is 2. The molecule has 6 nitrogen and oxygen atoms in total. The van der Waals surface area contributed by atoms with Crippen molar-refractivity contribution in [3.8, 4) is 0 Å². The van der Waals surface area contributed by atoms with E-state index in [1.54, 1.807) is 14.2 Å². The second kappa shape index (κ2) is 12.0. The van der Waals surface area contributed by atoms with Gasteiger partial charge in [-0.2, -0.15) is 13.2 Å². The summed E-state index contributed by atoms with van der Waals surface area (Å²) in [4.78, 5) is 7.66. The van der Waals surface area contributed by atoms with Crippen LogP contribution in [-0.2, 0) is 22.1 Å². The lowest BCUT2D eigenvalue weighted by molar-refractivity contribution is -0.140. The third kappa shape index (κ3) is 9.61. The molecule has 0 atom stereocenters. The van der Waals surface area contributed by atoms with Gasteiger partial charge in [0.05, 0.1) is 18.2 Å². The van der Waals surface area contributed by atoms with Gasteiger partial charge < -0.3 is 20.1 Å². The fourth-order valence-electron chi connectivity index (χ4n) is 1.84. The van der Waals surface area contributed by atoms with Crippen molar-refractivity contribution in [3.63, 3.8) is 0 Å².